The third kappa shape index (κ3) is 6.32. The van der Waals surface area contributed by atoms with E-state index in [2.05, 4.69) is 10.6 Å². The maximum Gasteiger partial charge on any atom is 0.251 e. The minimum atomic E-state index is -0.583. The Kier molecular flexibility index (Phi) is 8.20. The molecule has 5 nitrogen and oxygen atoms in total. The van der Waals surface area contributed by atoms with Gasteiger partial charge in [-0.1, -0.05) is 35.9 Å². The van der Waals surface area contributed by atoms with E-state index in [9.17, 15) is 9.59 Å². The van der Waals surface area contributed by atoms with Crippen molar-refractivity contribution in [2.24, 2.45) is 0 Å². The molecule has 2 N–H and O–H groups in total. The van der Waals surface area contributed by atoms with Gasteiger partial charge >= 0.3 is 0 Å². The van der Waals surface area contributed by atoms with Crippen LogP contribution in [0.25, 0.3) is 0 Å². The van der Waals surface area contributed by atoms with Crippen molar-refractivity contribution >= 4 is 23.6 Å². The average molecular weight is 387 g/mol. The van der Waals surface area contributed by atoms with Crippen LogP contribution in [0.5, 0.6) is 5.75 Å². The molecular formula is C21H26N2O3S. The molecule has 2 aromatic carbocycles. The van der Waals surface area contributed by atoms with E-state index in [1.165, 1.54) is 0 Å². The highest BCUT2D eigenvalue weighted by Crippen LogP contribution is 2.17. The molecule has 0 aromatic heterocycles. The van der Waals surface area contributed by atoms with Gasteiger partial charge in [0.2, 0.25) is 5.91 Å². The van der Waals surface area contributed by atoms with Crippen molar-refractivity contribution in [1.29, 1.82) is 0 Å². The zero-order chi connectivity index (χ0) is 19.6. The number of aryl methyl sites for hydroxylation is 1. The largest absolute Gasteiger partial charge is 0.496 e. The van der Waals surface area contributed by atoms with E-state index >= 15 is 0 Å². The SMILES string of the molecule is COc1ccccc1CNC(=O)C(CCSC)NC(=O)c1cccc(C)c1. The number of carbonyl (C=O) groups excluding carboxylic acids is 2. The molecule has 27 heavy (non-hydrogen) atoms. The van der Waals surface area contributed by atoms with Gasteiger partial charge in [-0.15, -0.1) is 0 Å². The lowest BCUT2D eigenvalue weighted by atomic mass is 10.1. The number of hydrogen-bond donors (Lipinski definition) is 2. The Morgan fingerprint density at radius 2 is 1.93 bits per heavy atom. The van der Waals surface area contributed by atoms with Crippen LogP contribution in [-0.2, 0) is 11.3 Å². The van der Waals surface area contributed by atoms with Gasteiger partial charge in [0.25, 0.3) is 5.91 Å². The second kappa shape index (κ2) is 10.6. The molecule has 0 heterocycles. The summed E-state index contributed by atoms with van der Waals surface area (Å²) in [7, 11) is 1.60. The zero-order valence-corrected chi connectivity index (χ0v) is 16.8. The van der Waals surface area contributed by atoms with Crippen LogP contribution < -0.4 is 15.4 Å². The molecule has 0 bridgehead atoms. The van der Waals surface area contributed by atoms with Gasteiger partial charge < -0.3 is 15.4 Å². The average Bonchev–Trinajstić information content (AvgIpc) is 2.69. The molecular weight excluding hydrogens is 360 g/mol. The van der Waals surface area contributed by atoms with Gasteiger partial charge in [-0.2, -0.15) is 11.8 Å². The van der Waals surface area contributed by atoms with Gasteiger partial charge in [0.1, 0.15) is 11.8 Å². The van der Waals surface area contributed by atoms with E-state index in [1.54, 1.807) is 24.9 Å². The van der Waals surface area contributed by atoms with E-state index in [4.69, 9.17) is 4.74 Å². The van der Waals surface area contributed by atoms with Crippen molar-refractivity contribution in [3.05, 3.63) is 65.2 Å². The number of benzene rings is 2. The first kappa shape index (κ1) is 20.8. The fourth-order valence-corrected chi connectivity index (χ4v) is 3.16. The number of amides is 2. The van der Waals surface area contributed by atoms with E-state index in [0.29, 0.717) is 18.5 Å². The zero-order valence-electron chi connectivity index (χ0n) is 16.0. The van der Waals surface area contributed by atoms with E-state index in [0.717, 1.165) is 22.6 Å². The third-order valence-electron chi connectivity index (χ3n) is 4.16. The Morgan fingerprint density at radius 1 is 1.15 bits per heavy atom. The third-order valence-corrected chi connectivity index (χ3v) is 4.80. The first-order valence-corrected chi connectivity index (χ1v) is 10.2. The molecule has 0 aliphatic heterocycles. The Bertz CT molecular complexity index is 780. The fourth-order valence-electron chi connectivity index (χ4n) is 2.69. The summed E-state index contributed by atoms with van der Waals surface area (Å²) in [6.45, 7) is 2.28. The van der Waals surface area contributed by atoms with Crippen molar-refractivity contribution in [2.45, 2.75) is 25.9 Å². The maximum absolute atomic E-state index is 12.7. The second-order valence-electron chi connectivity index (χ2n) is 6.21. The highest BCUT2D eigenvalue weighted by molar-refractivity contribution is 7.98. The lowest BCUT2D eigenvalue weighted by Gasteiger charge is -2.19. The Hall–Kier alpha value is -2.47. The first-order valence-electron chi connectivity index (χ1n) is 8.81. The molecule has 0 saturated heterocycles. The Morgan fingerprint density at radius 3 is 2.63 bits per heavy atom. The van der Waals surface area contributed by atoms with Gasteiger partial charge in [0.05, 0.1) is 7.11 Å². The highest BCUT2D eigenvalue weighted by atomic mass is 32.2. The molecule has 6 heteroatoms. The van der Waals surface area contributed by atoms with Crippen molar-refractivity contribution in [3.8, 4) is 5.75 Å². The minimum absolute atomic E-state index is 0.198. The molecule has 1 unspecified atom stereocenters. The molecule has 0 spiro atoms. The van der Waals surface area contributed by atoms with Crippen LogP contribution in [0.4, 0.5) is 0 Å². The predicted octanol–water partition coefficient (Wildman–Crippen LogP) is 3.17. The standard InChI is InChI=1S/C21H26N2O3S/c1-15-7-6-9-16(13-15)20(24)23-18(11-12-27-3)21(25)22-14-17-8-4-5-10-19(17)26-2/h4-10,13,18H,11-12,14H2,1-3H3,(H,22,25)(H,23,24). The number of hydrogen-bond acceptors (Lipinski definition) is 4. The summed E-state index contributed by atoms with van der Waals surface area (Å²) in [5.74, 6) is 1.07. The topological polar surface area (TPSA) is 67.4 Å². The van der Waals surface area contributed by atoms with Crippen molar-refractivity contribution in [3.63, 3.8) is 0 Å². The summed E-state index contributed by atoms with van der Waals surface area (Å²) in [6, 6.07) is 14.3. The van der Waals surface area contributed by atoms with E-state index in [1.807, 2.05) is 55.6 Å². The number of para-hydroxylation sites is 1. The first-order chi connectivity index (χ1) is 13.0. The van der Waals surface area contributed by atoms with Crippen LogP contribution in [0.15, 0.2) is 48.5 Å². The number of nitrogens with one attached hydrogen (secondary N) is 2. The minimum Gasteiger partial charge on any atom is -0.496 e. The number of ether oxygens (including phenoxy) is 1. The van der Waals surface area contributed by atoms with E-state index < -0.39 is 6.04 Å². The van der Waals surface area contributed by atoms with Crippen molar-refractivity contribution in [2.75, 3.05) is 19.1 Å². The number of rotatable bonds is 9. The lowest BCUT2D eigenvalue weighted by Crippen LogP contribution is -2.46. The number of methoxy groups -OCH3 is 1. The summed E-state index contributed by atoms with van der Waals surface area (Å²) >= 11 is 1.64. The molecule has 144 valence electrons. The monoisotopic (exact) mass is 386 g/mol. The quantitative estimate of drug-likeness (QED) is 0.695. The van der Waals surface area contributed by atoms with Crippen LogP contribution in [0, 0.1) is 6.92 Å². The smallest absolute Gasteiger partial charge is 0.251 e. The fraction of sp³-hybridized carbons (Fsp3) is 0.333. The molecule has 0 fully saturated rings. The molecule has 2 rings (SSSR count). The van der Waals surface area contributed by atoms with Crippen LogP contribution in [-0.4, -0.2) is 37.0 Å². The van der Waals surface area contributed by atoms with Crippen LogP contribution in [0.3, 0.4) is 0 Å². The predicted molar refractivity (Wildman–Crippen MR) is 110 cm³/mol. The van der Waals surface area contributed by atoms with Gasteiger partial charge in [-0.3, -0.25) is 9.59 Å². The summed E-state index contributed by atoms with van der Waals surface area (Å²) in [5.41, 5.74) is 2.45. The highest BCUT2D eigenvalue weighted by Gasteiger charge is 2.21. The maximum atomic E-state index is 12.7. The summed E-state index contributed by atoms with van der Waals surface area (Å²) in [5, 5.41) is 5.77. The molecule has 0 saturated carbocycles. The molecule has 0 aliphatic carbocycles. The van der Waals surface area contributed by atoms with Crippen molar-refractivity contribution < 1.29 is 14.3 Å². The number of thioether (sulfide) groups is 1. The summed E-state index contributed by atoms with van der Waals surface area (Å²) in [6.07, 6.45) is 2.54. The van der Waals surface area contributed by atoms with Crippen LogP contribution in [0.1, 0.15) is 27.9 Å². The summed E-state index contributed by atoms with van der Waals surface area (Å²) in [4.78, 5) is 25.2. The van der Waals surface area contributed by atoms with Crippen molar-refractivity contribution in [1.82, 2.24) is 10.6 Å². The number of carbonyl (C=O) groups is 2. The van der Waals surface area contributed by atoms with E-state index in [-0.39, 0.29) is 11.8 Å². The van der Waals surface area contributed by atoms with Gasteiger partial charge in [-0.25, -0.2) is 0 Å². The normalized spacial score (nSPS) is 11.5. The molecule has 2 aromatic rings. The molecule has 1 atom stereocenters. The molecule has 2 amide bonds. The van der Waals surface area contributed by atoms with Crippen LogP contribution >= 0.6 is 11.8 Å². The Labute approximate surface area is 164 Å². The van der Waals surface area contributed by atoms with Crippen LogP contribution in [0.2, 0.25) is 0 Å². The molecule has 0 aliphatic rings. The van der Waals surface area contributed by atoms with Gasteiger partial charge in [0.15, 0.2) is 0 Å². The Balaban J connectivity index is 2.03. The second-order valence-corrected chi connectivity index (χ2v) is 7.19. The van der Waals surface area contributed by atoms with Gasteiger partial charge in [0, 0.05) is 17.7 Å². The lowest BCUT2D eigenvalue weighted by molar-refractivity contribution is -0.123. The van der Waals surface area contributed by atoms with Gasteiger partial charge in [-0.05, 0) is 43.6 Å². The summed E-state index contributed by atoms with van der Waals surface area (Å²) < 4.78 is 5.31. The molecule has 0 radical (unpaired) electrons.